The lowest BCUT2D eigenvalue weighted by molar-refractivity contribution is 0.477. The number of rotatable bonds is 7. The average Bonchev–Trinajstić information content (AvgIpc) is 3.70. The van der Waals surface area contributed by atoms with Gasteiger partial charge in [-0.05, 0) is 81.7 Å². The van der Waals surface area contributed by atoms with Gasteiger partial charge in [-0.3, -0.25) is 0 Å². The number of anilines is 3. The second kappa shape index (κ2) is 13.6. The third-order valence-corrected chi connectivity index (χ3v) is 10.3. The first-order valence-electron chi connectivity index (χ1n) is 20.2. The molecule has 1 heterocycles. The van der Waals surface area contributed by atoms with Crippen molar-refractivity contribution < 1.29 is 15.0 Å². The van der Waals surface area contributed by atoms with Crippen molar-refractivity contribution in [2.75, 3.05) is 4.90 Å². The Morgan fingerprint density at radius 3 is 1.82 bits per heavy atom. The fraction of sp³-hybridized carbons (Fsp3) is 0. The molecule has 1 N–H and O–H groups in total. The Balaban J connectivity index is 1.25. The van der Waals surface area contributed by atoms with Gasteiger partial charge in [0.25, 0.3) is 0 Å². The van der Waals surface area contributed by atoms with Crippen LogP contribution < -0.4 is 4.90 Å². The van der Waals surface area contributed by atoms with E-state index in [9.17, 15) is 5.11 Å². The maximum Gasteiger partial charge on any atom is 0.144 e. The minimum Gasteiger partial charge on any atom is -0.507 e. The summed E-state index contributed by atoms with van der Waals surface area (Å²) >= 11 is 0. The molecule has 0 spiro atoms. The Hall–Kier alpha value is -7.36. The molecule has 1 aromatic heterocycles. The molecule has 0 aliphatic rings. The first-order valence-corrected chi connectivity index (χ1v) is 18.2. The van der Waals surface area contributed by atoms with Crippen molar-refractivity contribution in [3.8, 4) is 50.3 Å². The molecule has 9 aromatic carbocycles. The number of hydrogen-bond acceptors (Lipinski definition) is 3. The second-order valence-corrected chi connectivity index (χ2v) is 13.5. The average molecular weight is 710 g/mol. The normalized spacial score (nSPS) is 12.4. The molecule has 0 atom stereocenters. The molecule has 0 unspecified atom stereocenters. The minimum atomic E-state index is -0.526. The van der Waals surface area contributed by atoms with Crippen LogP contribution in [-0.2, 0) is 0 Å². The Bertz CT molecular complexity index is 3170. The van der Waals surface area contributed by atoms with Gasteiger partial charge in [-0.25, -0.2) is 0 Å². The summed E-state index contributed by atoms with van der Waals surface area (Å²) < 4.78 is 40.8. The quantitative estimate of drug-likeness (QED) is 0.179. The van der Waals surface area contributed by atoms with Gasteiger partial charge in [0.15, 0.2) is 0 Å². The topological polar surface area (TPSA) is 36.6 Å². The monoisotopic (exact) mass is 709 g/mol. The highest BCUT2D eigenvalue weighted by Crippen LogP contribution is 2.48. The zero-order valence-electron chi connectivity index (χ0n) is 33.6. The molecule has 0 radical (unpaired) electrons. The first kappa shape index (κ1) is 28.2. The Morgan fingerprint density at radius 1 is 0.436 bits per heavy atom. The van der Waals surface area contributed by atoms with Gasteiger partial charge in [0.1, 0.15) is 16.9 Å². The third kappa shape index (κ3) is 5.70. The van der Waals surface area contributed by atoms with Crippen LogP contribution in [0.4, 0.5) is 17.1 Å². The highest BCUT2D eigenvalue weighted by atomic mass is 16.3. The van der Waals surface area contributed by atoms with Gasteiger partial charge >= 0.3 is 0 Å². The SMILES string of the molecule is [2H]c1c([2H])c([2H])c(-c2ccc(-c3ccc(-c4ccccc4)c(N(c4ccccc4)c4ccc(-c5ccccc5)cc4)c3)c3c2oc2c4ccccc4ccc23)c(O)c1[2H]. The molecule has 0 aliphatic heterocycles. The lowest BCUT2D eigenvalue weighted by atomic mass is 9.91. The van der Waals surface area contributed by atoms with Gasteiger partial charge < -0.3 is 14.4 Å². The Kier molecular flexibility index (Phi) is 6.95. The van der Waals surface area contributed by atoms with Crippen LogP contribution >= 0.6 is 0 Å². The highest BCUT2D eigenvalue weighted by Gasteiger charge is 2.23. The van der Waals surface area contributed by atoms with Gasteiger partial charge in [-0.15, -0.1) is 0 Å². The van der Waals surface area contributed by atoms with Crippen LogP contribution in [0.15, 0.2) is 211 Å². The molecule has 10 rings (SSSR count). The highest BCUT2D eigenvalue weighted by molar-refractivity contribution is 6.21. The summed E-state index contributed by atoms with van der Waals surface area (Å²) in [4.78, 5) is 2.28. The summed E-state index contributed by atoms with van der Waals surface area (Å²) in [7, 11) is 0. The predicted molar refractivity (Wildman–Crippen MR) is 229 cm³/mol. The maximum atomic E-state index is 11.3. The Morgan fingerprint density at radius 2 is 1.04 bits per heavy atom. The van der Waals surface area contributed by atoms with Crippen LogP contribution in [0.25, 0.3) is 77.2 Å². The smallest absolute Gasteiger partial charge is 0.144 e. The summed E-state index contributed by atoms with van der Waals surface area (Å²) in [6, 6.07) is 60.3. The molecular weight excluding hydrogens is 671 g/mol. The van der Waals surface area contributed by atoms with Crippen molar-refractivity contribution in [2.24, 2.45) is 0 Å². The molecular formula is C52H35NO2. The number of aromatic hydroxyl groups is 1. The van der Waals surface area contributed by atoms with E-state index < -0.39 is 23.9 Å². The van der Waals surface area contributed by atoms with Gasteiger partial charge in [-0.2, -0.15) is 0 Å². The van der Waals surface area contributed by atoms with Crippen molar-refractivity contribution in [1.29, 1.82) is 0 Å². The van der Waals surface area contributed by atoms with E-state index in [2.05, 4.69) is 89.8 Å². The lowest BCUT2D eigenvalue weighted by Crippen LogP contribution is -2.11. The van der Waals surface area contributed by atoms with Crippen molar-refractivity contribution in [1.82, 2.24) is 0 Å². The molecule has 3 nitrogen and oxygen atoms in total. The molecule has 55 heavy (non-hydrogen) atoms. The number of phenolic OH excluding ortho intramolecular Hbond substituents is 1. The molecule has 0 saturated heterocycles. The molecule has 260 valence electrons. The van der Waals surface area contributed by atoms with Gasteiger partial charge in [0.2, 0.25) is 0 Å². The zero-order valence-corrected chi connectivity index (χ0v) is 29.6. The molecule has 0 aliphatic carbocycles. The van der Waals surface area contributed by atoms with E-state index in [-0.39, 0.29) is 11.6 Å². The standard InChI is InChI=1S/C52H35NO2/c54-49-23-13-12-22-45(49)46-33-32-43(50-47-31-26-38-18-10-11-21-44(38)51(47)55-52(46)50)39-27-30-42(37-16-6-2-7-17-37)48(34-39)53(40-19-8-3-9-20-40)41-28-24-36(25-29-41)35-14-4-1-5-15-35/h1-34,54H/i12D,13D,22D,23D. The fourth-order valence-electron chi connectivity index (χ4n) is 7.73. The van der Waals surface area contributed by atoms with Crippen LogP contribution in [0.3, 0.4) is 0 Å². The van der Waals surface area contributed by atoms with Gasteiger partial charge in [-0.1, -0.05) is 158 Å². The van der Waals surface area contributed by atoms with Crippen LogP contribution in [0.5, 0.6) is 5.75 Å². The Labute approximate surface area is 325 Å². The van der Waals surface area contributed by atoms with Crippen molar-refractivity contribution in [2.45, 2.75) is 0 Å². The van der Waals surface area contributed by atoms with Gasteiger partial charge in [0.05, 0.1) is 11.2 Å². The summed E-state index contributed by atoms with van der Waals surface area (Å²) in [5.41, 5.74) is 10.5. The van der Waals surface area contributed by atoms with Gasteiger partial charge in [0, 0.05) is 44.2 Å². The number of phenols is 1. The van der Waals surface area contributed by atoms with E-state index >= 15 is 0 Å². The predicted octanol–water partition coefficient (Wildman–Crippen LogP) is 14.6. The third-order valence-electron chi connectivity index (χ3n) is 10.3. The van der Waals surface area contributed by atoms with E-state index in [1.165, 1.54) is 0 Å². The lowest BCUT2D eigenvalue weighted by Gasteiger charge is -2.29. The van der Waals surface area contributed by atoms with Crippen molar-refractivity contribution in [3.63, 3.8) is 0 Å². The van der Waals surface area contributed by atoms with E-state index in [1.807, 2.05) is 91.0 Å². The molecule has 0 fully saturated rings. The molecule has 0 amide bonds. The van der Waals surface area contributed by atoms with Crippen molar-refractivity contribution in [3.05, 3.63) is 206 Å². The summed E-state index contributed by atoms with van der Waals surface area (Å²) in [6.07, 6.45) is 0. The van der Waals surface area contributed by atoms with Crippen molar-refractivity contribution >= 4 is 49.8 Å². The number of para-hydroxylation sites is 2. The summed E-state index contributed by atoms with van der Waals surface area (Å²) in [5, 5.41) is 14.8. The van der Waals surface area contributed by atoms with Crippen LogP contribution in [-0.4, -0.2) is 5.11 Å². The second-order valence-electron chi connectivity index (χ2n) is 13.5. The fourth-order valence-corrected chi connectivity index (χ4v) is 7.73. The molecule has 0 bridgehead atoms. The zero-order chi connectivity index (χ0) is 40.2. The molecule has 0 saturated carbocycles. The van der Waals surface area contributed by atoms with Crippen LogP contribution in [0, 0.1) is 0 Å². The minimum absolute atomic E-state index is 0.00905. The van der Waals surface area contributed by atoms with E-state index in [0.717, 1.165) is 72.0 Å². The number of hydrogen-bond donors (Lipinski definition) is 1. The summed E-state index contributed by atoms with van der Waals surface area (Å²) in [6.45, 7) is 0. The number of furan rings is 1. The maximum absolute atomic E-state index is 11.3. The first-order chi connectivity index (χ1) is 28.9. The molecule has 10 aromatic rings. The number of fused-ring (bicyclic) bond motifs is 5. The summed E-state index contributed by atoms with van der Waals surface area (Å²) in [5.74, 6) is -0.526. The van der Waals surface area contributed by atoms with E-state index in [1.54, 1.807) is 6.07 Å². The van der Waals surface area contributed by atoms with E-state index in [0.29, 0.717) is 16.7 Å². The van der Waals surface area contributed by atoms with Crippen LogP contribution in [0.2, 0.25) is 0 Å². The largest absolute Gasteiger partial charge is 0.507 e. The van der Waals surface area contributed by atoms with Crippen LogP contribution in [0.1, 0.15) is 5.48 Å². The molecule has 3 heteroatoms. The van der Waals surface area contributed by atoms with E-state index in [4.69, 9.17) is 9.90 Å². The number of benzene rings is 9. The number of nitrogens with zero attached hydrogens (tertiary/aromatic N) is 1.